The van der Waals surface area contributed by atoms with E-state index in [2.05, 4.69) is 10.2 Å². The van der Waals surface area contributed by atoms with Gasteiger partial charge in [0.05, 0.1) is 14.2 Å². The molecule has 0 unspecified atom stereocenters. The number of aryl methyl sites for hydroxylation is 2. The summed E-state index contributed by atoms with van der Waals surface area (Å²) < 4.78 is 43.7. The van der Waals surface area contributed by atoms with Gasteiger partial charge in [-0.2, -0.15) is 9.36 Å². The molecule has 4 aromatic rings. The number of carbonyl (C=O) groups is 2. The fourth-order valence-corrected chi connectivity index (χ4v) is 6.84. The van der Waals surface area contributed by atoms with Crippen molar-refractivity contribution < 1.29 is 27.8 Å². The lowest BCUT2D eigenvalue weighted by molar-refractivity contribution is 0.0569. The monoisotopic (exact) mass is 648 g/mol. The van der Waals surface area contributed by atoms with Gasteiger partial charge in [-0.3, -0.25) is 9.13 Å². The van der Waals surface area contributed by atoms with E-state index in [4.69, 9.17) is 9.47 Å². The number of nitrogens with zero attached hydrogens (tertiary/aromatic N) is 6. The highest BCUT2D eigenvalue weighted by molar-refractivity contribution is 8.76. The second-order valence-corrected chi connectivity index (χ2v) is 12.5. The molecule has 0 bridgehead atoms. The van der Waals surface area contributed by atoms with Crippen molar-refractivity contribution in [1.29, 1.82) is 0 Å². The molecule has 4 rings (SSSR count). The number of aromatic nitrogens is 6. The maximum absolute atomic E-state index is 15.2. The first-order valence-electron chi connectivity index (χ1n) is 13.3. The molecule has 0 aliphatic carbocycles. The summed E-state index contributed by atoms with van der Waals surface area (Å²) in [6, 6.07) is 4.43. The van der Waals surface area contributed by atoms with Crippen LogP contribution in [0.25, 0.3) is 11.4 Å². The minimum atomic E-state index is -0.842. The number of methoxy groups -OCH3 is 2. The van der Waals surface area contributed by atoms with E-state index in [-0.39, 0.29) is 23.0 Å². The van der Waals surface area contributed by atoms with E-state index < -0.39 is 47.0 Å². The van der Waals surface area contributed by atoms with E-state index in [1.165, 1.54) is 45.9 Å². The second kappa shape index (κ2) is 12.8. The molecule has 2 aromatic heterocycles. The fourth-order valence-electron chi connectivity index (χ4n) is 4.34. The van der Waals surface area contributed by atoms with Crippen LogP contribution in [0.2, 0.25) is 0 Å². The van der Waals surface area contributed by atoms with Crippen molar-refractivity contribution in [1.82, 2.24) is 28.7 Å². The molecule has 2 heterocycles. The van der Waals surface area contributed by atoms with Crippen LogP contribution >= 0.6 is 21.6 Å². The first-order chi connectivity index (χ1) is 20.7. The van der Waals surface area contributed by atoms with Gasteiger partial charge in [-0.25, -0.2) is 28.0 Å². The summed E-state index contributed by atoms with van der Waals surface area (Å²) in [6.07, 6.45) is 0. The van der Waals surface area contributed by atoms with Crippen molar-refractivity contribution >= 4 is 33.5 Å². The number of halogens is 2. The highest BCUT2D eigenvalue weighted by atomic mass is 33.1. The zero-order valence-electron chi connectivity index (χ0n) is 25.2. The Morgan fingerprint density at radius 3 is 1.34 bits per heavy atom. The maximum atomic E-state index is 15.2. The number of ether oxygens (including phenoxy) is 2. The molecule has 0 N–H and O–H groups in total. The molecule has 12 nitrogen and oxygen atoms in total. The van der Waals surface area contributed by atoms with E-state index in [9.17, 15) is 19.2 Å². The van der Waals surface area contributed by atoms with Crippen LogP contribution < -0.4 is 11.4 Å². The molecule has 0 saturated carbocycles. The summed E-state index contributed by atoms with van der Waals surface area (Å²) in [5.74, 6) is -3.68. The molecule has 0 amide bonds. The molecule has 0 fully saturated rings. The van der Waals surface area contributed by atoms with Crippen LogP contribution in [0.15, 0.2) is 43.6 Å². The Balaban J connectivity index is 1.75. The average molecular weight is 649 g/mol. The molecule has 0 aliphatic rings. The number of rotatable bonds is 9. The predicted octanol–water partition coefficient (Wildman–Crippen LogP) is 4.81. The summed E-state index contributed by atoms with van der Waals surface area (Å²) in [5.41, 5.74) is -0.700. The molecular formula is C28H30F2N6O6S2. The molecule has 2 aromatic carbocycles. The molecule has 0 atom stereocenters. The normalized spacial score (nSPS) is 11.5. The van der Waals surface area contributed by atoms with Crippen LogP contribution in [0, 0.1) is 25.5 Å². The fraction of sp³-hybridized carbons (Fsp3) is 0.357. The first-order valence-corrected chi connectivity index (χ1v) is 15.4. The summed E-state index contributed by atoms with van der Waals surface area (Å²) >= 11 is 0. The zero-order valence-corrected chi connectivity index (χ0v) is 26.8. The lowest BCUT2D eigenvalue weighted by Crippen LogP contribution is -2.27. The highest BCUT2D eigenvalue weighted by Crippen LogP contribution is 2.42. The van der Waals surface area contributed by atoms with Crippen LogP contribution in [-0.2, 0) is 9.47 Å². The van der Waals surface area contributed by atoms with Gasteiger partial charge in [-0.1, -0.05) is 21.6 Å². The third-order valence-corrected chi connectivity index (χ3v) is 9.20. The van der Waals surface area contributed by atoms with E-state index in [1.54, 1.807) is 41.5 Å². The van der Waals surface area contributed by atoms with Crippen molar-refractivity contribution in [2.24, 2.45) is 0 Å². The Bertz CT molecular complexity index is 1760. The SMILES string of the molecule is COC(=O)c1nn(-c2cc(SSc3cc(-n4nc(C(=O)OC)n(C(C)C)c4=O)c(F)cc3C)c(C)cc2F)c(=O)n1C(C)C. The van der Waals surface area contributed by atoms with Crippen molar-refractivity contribution in [3.63, 3.8) is 0 Å². The van der Waals surface area contributed by atoms with E-state index in [0.717, 1.165) is 32.7 Å². The third-order valence-electron chi connectivity index (χ3n) is 6.56. The number of esters is 2. The predicted molar refractivity (Wildman–Crippen MR) is 160 cm³/mol. The Kier molecular flexibility index (Phi) is 9.53. The van der Waals surface area contributed by atoms with Crippen molar-refractivity contribution in [2.45, 2.75) is 63.4 Å². The van der Waals surface area contributed by atoms with E-state index >= 15 is 8.78 Å². The molecule has 0 saturated heterocycles. The first kappa shape index (κ1) is 32.7. The minimum Gasteiger partial charge on any atom is -0.463 e. The molecule has 44 heavy (non-hydrogen) atoms. The summed E-state index contributed by atoms with van der Waals surface area (Å²) in [5, 5.41) is 8.12. The number of hydrogen-bond donors (Lipinski definition) is 0. The zero-order chi connectivity index (χ0) is 32.6. The van der Waals surface area contributed by atoms with Gasteiger partial charge in [0.25, 0.3) is 0 Å². The van der Waals surface area contributed by atoms with Gasteiger partial charge in [0.2, 0.25) is 11.6 Å². The third kappa shape index (κ3) is 5.95. The molecular weight excluding hydrogens is 618 g/mol. The highest BCUT2D eigenvalue weighted by Gasteiger charge is 2.26. The Labute approximate surface area is 258 Å². The molecule has 0 radical (unpaired) electrons. The number of hydrogen-bond acceptors (Lipinski definition) is 10. The minimum absolute atomic E-state index is 0.175. The molecule has 234 valence electrons. The molecule has 0 spiro atoms. The smallest absolute Gasteiger partial charge is 0.376 e. The van der Waals surface area contributed by atoms with Gasteiger partial charge in [-0.15, -0.1) is 10.2 Å². The van der Waals surface area contributed by atoms with Crippen LogP contribution in [0.4, 0.5) is 8.78 Å². The molecule has 0 aliphatic heterocycles. The lowest BCUT2D eigenvalue weighted by Gasteiger charge is -2.12. The Hall–Kier alpha value is -4.18. The number of benzene rings is 2. The van der Waals surface area contributed by atoms with Crippen LogP contribution in [0.3, 0.4) is 0 Å². The summed E-state index contributed by atoms with van der Waals surface area (Å²) in [7, 11) is 4.71. The Morgan fingerprint density at radius 2 is 1.05 bits per heavy atom. The van der Waals surface area contributed by atoms with Gasteiger partial charge >= 0.3 is 23.3 Å². The van der Waals surface area contributed by atoms with Gasteiger partial charge in [0.1, 0.15) is 23.0 Å². The number of carbonyl (C=O) groups excluding carboxylic acids is 2. The van der Waals surface area contributed by atoms with Crippen LogP contribution in [-0.4, -0.2) is 54.9 Å². The topological polar surface area (TPSA) is 132 Å². The van der Waals surface area contributed by atoms with E-state index in [1.807, 2.05) is 0 Å². The van der Waals surface area contributed by atoms with Crippen molar-refractivity contribution in [2.75, 3.05) is 14.2 Å². The van der Waals surface area contributed by atoms with Gasteiger partial charge in [0.15, 0.2) is 0 Å². The average Bonchev–Trinajstić information content (AvgIpc) is 3.49. The summed E-state index contributed by atoms with van der Waals surface area (Å²) in [4.78, 5) is 52.0. The van der Waals surface area contributed by atoms with Gasteiger partial charge in [0, 0.05) is 21.9 Å². The standard InChI is InChI=1S/C28H30F2N6O6S2/c1-13(2)33-23(25(37)41-7)31-35(27(33)39)19-11-21(15(5)9-17(19)29)43-44-22-12-20(18(30)10-16(22)6)36-28(40)34(14(3)4)24(32-36)26(38)42-8/h9-14H,1-8H3. The van der Waals surface area contributed by atoms with Crippen molar-refractivity contribution in [3.8, 4) is 11.4 Å². The summed E-state index contributed by atoms with van der Waals surface area (Å²) in [6.45, 7) is 10.1. The van der Waals surface area contributed by atoms with E-state index in [0.29, 0.717) is 20.9 Å². The van der Waals surface area contributed by atoms with Crippen LogP contribution in [0.1, 0.15) is 72.1 Å². The maximum Gasteiger partial charge on any atom is 0.376 e. The quantitative estimate of drug-likeness (QED) is 0.184. The van der Waals surface area contributed by atoms with Crippen molar-refractivity contribution in [3.05, 3.63) is 79.6 Å². The van der Waals surface area contributed by atoms with Gasteiger partial charge in [-0.05, 0) is 76.9 Å². The largest absolute Gasteiger partial charge is 0.463 e. The lowest BCUT2D eigenvalue weighted by atomic mass is 10.2. The van der Waals surface area contributed by atoms with Crippen LogP contribution in [0.5, 0.6) is 0 Å². The second-order valence-electron chi connectivity index (χ2n) is 10.3. The Morgan fingerprint density at radius 1 is 0.705 bits per heavy atom. The van der Waals surface area contributed by atoms with Gasteiger partial charge < -0.3 is 9.47 Å². The molecule has 16 heteroatoms.